The molecule has 0 aromatic rings. The van der Waals surface area contributed by atoms with Crippen LogP contribution >= 0.6 is 0 Å². The first-order chi connectivity index (χ1) is 5.68. The molecule has 1 saturated heterocycles. The van der Waals surface area contributed by atoms with Gasteiger partial charge in [0, 0.05) is 6.61 Å². The number of alkyl carbamates (subject to hydrolysis) is 1. The highest BCUT2D eigenvalue weighted by Crippen LogP contribution is 2.03. The molecule has 1 atom stereocenters. The average Bonchev–Trinajstić information content (AvgIpc) is 2.37. The summed E-state index contributed by atoms with van der Waals surface area (Å²) in [6.07, 6.45) is 0.473. The Kier molecular flexibility index (Phi) is 3.34. The van der Waals surface area contributed by atoms with E-state index in [0.717, 1.165) is 13.0 Å². The van der Waals surface area contributed by atoms with E-state index in [1.165, 1.54) is 0 Å². The molecule has 0 bridgehead atoms. The standard InChI is InChI=1S/C8H15NO3/c1-6(2)12-8(10)9-7-3-4-11-5-7/h6-7H,3-5H2,1-2H3,(H,9,10). The molecule has 4 heteroatoms. The maximum absolute atomic E-state index is 11.0. The maximum atomic E-state index is 11.0. The monoisotopic (exact) mass is 173 g/mol. The van der Waals surface area contributed by atoms with Crippen molar-refractivity contribution in [3.05, 3.63) is 0 Å². The Bertz CT molecular complexity index is 152. The zero-order valence-corrected chi connectivity index (χ0v) is 7.50. The molecule has 0 saturated carbocycles. The molecule has 1 unspecified atom stereocenters. The molecule has 1 rings (SSSR count). The number of ether oxygens (including phenoxy) is 2. The lowest BCUT2D eigenvalue weighted by Gasteiger charge is -2.12. The number of nitrogens with one attached hydrogen (secondary N) is 1. The number of carbonyl (C=O) groups is 1. The second-order valence-corrected chi connectivity index (χ2v) is 3.16. The first kappa shape index (κ1) is 9.32. The summed E-state index contributed by atoms with van der Waals surface area (Å²) in [7, 11) is 0. The van der Waals surface area contributed by atoms with Crippen molar-refractivity contribution in [2.45, 2.75) is 32.4 Å². The van der Waals surface area contributed by atoms with E-state index in [1.54, 1.807) is 0 Å². The normalized spacial score (nSPS) is 22.8. The second-order valence-electron chi connectivity index (χ2n) is 3.16. The summed E-state index contributed by atoms with van der Waals surface area (Å²) in [5, 5.41) is 2.72. The SMILES string of the molecule is CC(C)OC(=O)NC1CCOC1. The number of hydrogen-bond donors (Lipinski definition) is 1. The van der Waals surface area contributed by atoms with E-state index < -0.39 is 0 Å². The van der Waals surface area contributed by atoms with Crippen LogP contribution in [0, 0.1) is 0 Å². The summed E-state index contributed by atoms with van der Waals surface area (Å²) in [6.45, 7) is 4.98. The zero-order chi connectivity index (χ0) is 8.97. The van der Waals surface area contributed by atoms with E-state index >= 15 is 0 Å². The minimum Gasteiger partial charge on any atom is -0.447 e. The summed E-state index contributed by atoms with van der Waals surface area (Å²) in [5.41, 5.74) is 0. The van der Waals surface area contributed by atoms with E-state index in [-0.39, 0.29) is 18.2 Å². The van der Waals surface area contributed by atoms with Gasteiger partial charge in [0.2, 0.25) is 0 Å². The number of hydrogen-bond acceptors (Lipinski definition) is 3. The van der Waals surface area contributed by atoms with E-state index in [2.05, 4.69) is 5.32 Å². The van der Waals surface area contributed by atoms with Crippen LogP contribution in [0.3, 0.4) is 0 Å². The van der Waals surface area contributed by atoms with Gasteiger partial charge in [0.1, 0.15) is 0 Å². The Morgan fingerprint density at radius 2 is 2.42 bits per heavy atom. The van der Waals surface area contributed by atoms with Crippen molar-refractivity contribution in [2.24, 2.45) is 0 Å². The first-order valence-electron chi connectivity index (χ1n) is 4.23. The van der Waals surface area contributed by atoms with Crippen molar-refractivity contribution in [3.8, 4) is 0 Å². The molecule has 12 heavy (non-hydrogen) atoms. The summed E-state index contributed by atoms with van der Waals surface area (Å²) in [4.78, 5) is 11.0. The van der Waals surface area contributed by atoms with E-state index in [1.807, 2.05) is 13.8 Å². The minimum atomic E-state index is -0.347. The molecule has 0 aliphatic carbocycles. The molecule has 1 N–H and O–H groups in total. The largest absolute Gasteiger partial charge is 0.447 e. The van der Waals surface area contributed by atoms with Crippen LogP contribution in [-0.4, -0.2) is 31.5 Å². The predicted molar refractivity (Wildman–Crippen MR) is 44.0 cm³/mol. The van der Waals surface area contributed by atoms with Gasteiger partial charge >= 0.3 is 6.09 Å². The Hall–Kier alpha value is -0.770. The molecule has 1 amide bonds. The molecule has 0 radical (unpaired) electrons. The quantitative estimate of drug-likeness (QED) is 0.675. The van der Waals surface area contributed by atoms with Crippen LogP contribution in [0.1, 0.15) is 20.3 Å². The molecule has 1 aliphatic heterocycles. The summed E-state index contributed by atoms with van der Waals surface area (Å²) in [6, 6.07) is 0.135. The van der Waals surface area contributed by atoms with Gasteiger partial charge in [-0.1, -0.05) is 0 Å². The minimum absolute atomic E-state index is 0.0627. The Labute approximate surface area is 72.2 Å². The van der Waals surface area contributed by atoms with Crippen LogP contribution in [0.5, 0.6) is 0 Å². The fourth-order valence-electron chi connectivity index (χ4n) is 1.06. The lowest BCUT2D eigenvalue weighted by Crippen LogP contribution is -2.36. The van der Waals surface area contributed by atoms with E-state index in [0.29, 0.717) is 6.61 Å². The van der Waals surface area contributed by atoms with Gasteiger partial charge < -0.3 is 14.8 Å². The van der Waals surface area contributed by atoms with Crippen molar-refractivity contribution in [1.82, 2.24) is 5.32 Å². The number of carbonyl (C=O) groups excluding carboxylic acids is 1. The molecular formula is C8H15NO3. The van der Waals surface area contributed by atoms with Gasteiger partial charge in [-0.25, -0.2) is 4.79 Å². The van der Waals surface area contributed by atoms with Gasteiger partial charge in [0.15, 0.2) is 0 Å². The molecule has 70 valence electrons. The Balaban J connectivity index is 2.16. The molecule has 0 aromatic heterocycles. The Morgan fingerprint density at radius 3 is 2.92 bits per heavy atom. The van der Waals surface area contributed by atoms with Gasteiger partial charge in [0.25, 0.3) is 0 Å². The average molecular weight is 173 g/mol. The van der Waals surface area contributed by atoms with E-state index in [9.17, 15) is 4.79 Å². The highest BCUT2D eigenvalue weighted by Gasteiger charge is 2.18. The molecule has 0 aromatic carbocycles. The predicted octanol–water partition coefficient (Wildman–Crippen LogP) is 0.910. The third-order valence-corrected chi connectivity index (χ3v) is 1.59. The Morgan fingerprint density at radius 1 is 1.67 bits per heavy atom. The maximum Gasteiger partial charge on any atom is 0.407 e. The molecule has 1 heterocycles. The third-order valence-electron chi connectivity index (χ3n) is 1.59. The van der Waals surface area contributed by atoms with E-state index in [4.69, 9.17) is 9.47 Å². The van der Waals surface area contributed by atoms with Gasteiger partial charge in [-0.3, -0.25) is 0 Å². The van der Waals surface area contributed by atoms with Gasteiger partial charge in [-0.15, -0.1) is 0 Å². The fraction of sp³-hybridized carbons (Fsp3) is 0.875. The molecule has 0 spiro atoms. The van der Waals surface area contributed by atoms with Crippen molar-refractivity contribution >= 4 is 6.09 Å². The molecular weight excluding hydrogens is 158 g/mol. The smallest absolute Gasteiger partial charge is 0.407 e. The summed E-state index contributed by atoms with van der Waals surface area (Å²) >= 11 is 0. The van der Waals surface area contributed by atoms with Gasteiger partial charge in [0.05, 0.1) is 18.8 Å². The van der Waals surface area contributed by atoms with Crippen molar-refractivity contribution in [3.63, 3.8) is 0 Å². The van der Waals surface area contributed by atoms with Crippen LogP contribution < -0.4 is 5.32 Å². The van der Waals surface area contributed by atoms with Gasteiger partial charge in [-0.05, 0) is 20.3 Å². The third kappa shape index (κ3) is 3.09. The number of rotatable bonds is 2. The number of amides is 1. The van der Waals surface area contributed by atoms with Crippen LogP contribution in [-0.2, 0) is 9.47 Å². The van der Waals surface area contributed by atoms with Crippen LogP contribution in [0.4, 0.5) is 4.79 Å². The molecule has 1 aliphatic rings. The van der Waals surface area contributed by atoms with Crippen LogP contribution in [0.25, 0.3) is 0 Å². The first-order valence-corrected chi connectivity index (χ1v) is 4.23. The summed E-state index contributed by atoms with van der Waals surface area (Å²) in [5.74, 6) is 0. The topological polar surface area (TPSA) is 47.6 Å². The summed E-state index contributed by atoms with van der Waals surface area (Å²) < 4.78 is 10.00. The fourth-order valence-corrected chi connectivity index (χ4v) is 1.06. The highest BCUT2D eigenvalue weighted by molar-refractivity contribution is 5.67. The second kappa shape index (κ2) is 4.30. The van der Waals surface area contributed by atoms with Crippen molar-refractivity contribution < 1.29 is 14.3 Å². The lowest BCUT2D eigenvalue weighted by atomic mass is 10.3. The zero-order valence-electron chi connectivity index (χ0n) is 7.50. The van der Waals surface area contributed by atoms with Crippen LogP contribution in [0.2, 0.25) is 0 Å². The lowest BCUT2D eigenvalue weighted by molar-refractivity contribution is 0.110. The molecule has 1 fully saturated rings. The van der Waals surface area contributed by atoms with Crippen LogP contribution in [0.15, 0.2) is 0 Å². The van der Waals surface area contributed by atoms with Crippen molar-refractivity contribution in [2.75, 3.05) is 13.2 Å². The van der Waals surface area contributed by atoms with Gasteiger partial charge in [-0.2, -0.15) is 0 Å². The highest BCUT2D eigenvalue weighted by atomic mass is 16.6. The van der Waals surface area contributed by atoms with Crippen molar-refractivity contribution in [1.29, 1.82) is 0 Å². The molecule has 4 nitrogen and oxygen atoms in total.